The standard InChI is InChI=1S/C48H16F84S4Si/c49-9(50,17(65,66)25(81,82)33(97,98)41(113,114)115)13(57,58)21(73,74)29(89,90)37(105,106)45(125,126)133-1-5-137(6-2-134-46(127,128)38(107,108)30(91,92)22(75,76)14(59,60)10(51,52)18(67,68)26(83,84)34(99,100)42(116,117)118,7-3-135-47(129,130)39(109,110)31(93,94)23(77,78)15(61,62)11(53,54)19(69,70)27(85,86)35(101,102)43(119,120)121)8-4-136-48(131,132)40(111,112)32(95,96)24(79,80)16(63,64)12(55,56)20(71,72)28(87,88)36(103,104)44(122,123)124/h1-8H2. The fraction of sp³-hybridized carbons (Fsp3) is 1.00. The molecule has 824 valence electrons. The van der Waals surface area contributed by atoms with Gasteiger partial charge in [0.1, 0.15) is 0 Å². The summed E-state index contributed by atoms with van der Waals surface area (Å²) in [7, 11) is -8.05. The first-order valence-corrected chi connectivity index (χ1v) is 37.0. The summed E-state index contributed by atoms with van der Waals surface area (Å²) in [4.78, 5) is 0. The summed E-state index contributed by atoms with van der Waals surface area (Å²) < 4.78 is 1190. The van der Waals surface area contributed by atoms with Crippen LogP contribution in [-0.2, 0) is 0 Å². The summed E-state index contributed by atoms with van der Waals surface area (Å²) in [6.45, 7) is 0. The molecule has 0 fully saturated rings. The summed E-state index contributed by atoms with van der Waals surface area (Å²) in [5, 5.41) is -35.2. The Morgan fingerprint density at radius 3 is 0.234 bits per heavy atom. The fourth-order valence-corrected chi connectivity index (χ4v) is 21.2. The van der Waals surface area contributed by atoms with Gasteiger partial charge in [0.2, 0.25) is 0 Å². The third kappa shape index (κ3) is 17.9. The van der Waals surface area contributed by atoms with E-state index in [1.54, 1.807) is 0 Å². The average Bonchev–Trinajstić information content (AvgIpc) is 0.694. The lowest BCUT2D eigenvalue weighted by Crippen LogP contribution is -2.76. The highest BCUT2D eigenvalue weighted by molar-refractivity contribution is 8.01. The van der Waals surface area contributed by atoms with Crippen LogP contribution in [0.1, 0.15) is 0 Å². The van der Waals surface area contributed by atoms with E-state index < -0.39 is 338 Å². The van der Waals surface area contributed by atoms with Crippen LogP contribution in [0.5, 0.6) is 0 Å². The first-order valence-electron chi connectivity index (χ1n) is 30.3. The van der Waals surface area contributed by atoms with Crippen molar-refractivity contribution in [1.29, 1.82) is 0 Å². The summed E-state index contributed by atoms with van der Waals surface area (Å²) in [6.07, 6.45) is -35.1. The molecular weight excluding hydrogens is 2330 g/mol. The molecule has 0 radical (unpaired) electrons. The van der Waals surface area contributed by atoms with Gasteiger partial charge in [-0.15, -0.1) is 0 Å². The lowest BCUT2D eigenvalue weighted by atomic mass is 9.87. The Balaban J connectivity index is 10.2. The summed E-state index contributed by atoms with van der Waals surface area (Å²) in [6, 6.07) is -15.8. The Kier molecular flexibility index (Phi) is 33.9. The molecule has 0 aliphatic carbocycles. The van der Waals surface area contributed by atoms with Gasteiger partial charge in [-0.1, -0.05) is 47.0 Å². The molecule has 137 heavy (non-hydrogen) atoms. The van der Waals surface area contributed by atoms with E-state index in [-0.39, 0.29) is 0 Å². The van der Waals surface area contributed by atoms with Crippen LogP contribution >= 0.6 is 47.0 Å². The predicted octanol–water partition coefficient (Wildman–Crippen LogP) is 31.3. The van der Waals surface area contributed by atoms with Gasteiger partial charge in [-0.3, -0.25) is 0 Å². The normalized spacial score (nSPS) is 17.3. The molecule has 0 N–H and O–H groups in total. The maximum Gasteiger partial charge on any atom is 0.460 e. The van der Waals surface area contributed by atoms with Gasteiger partial charge in [0.25, 0.3) is 0 Å². The van der Waals surface area contributed by atoms with Crippen molar-refractivity contribution < 1.29 is 369 Å². The van der Waals surface area contributed by atoms with Crippen LogP contribution in [0, 0.1) is 0 Å². The van der Waals surface area contributed by atoms with Crippen LogP contribution in [0.25, 0.3) is 0 Å². The van der Waals surface area contributed by atoms with Gasteiger partial charge >= 0.3 is 235 Å². The summed E-state index contributed by atoms with van der Waals surface area (Å²) in [5.74, 6) is -338. The minimum atomic E-state index is -10.4. The summed E-state index contributed by atoms with van der Waals surface area (Å²) in [5.41, 5.74) is 0. The van der Waals surface area contributed by atoms with E-state index in [1.807, 2.05) is 0 Å². The molecular formula is C48H16F84S4Si. The number of halogens is 84. The third-order valence-corrected chi connectivity index (χ3v) is 28.4. The molecule has 0 aliphatic rings. The lowest BCUT2D eigenvalue weighted by molar-refractivity contribution is -0.472. The molecule has 0 heterocycles. The van der Waals surface area contributed by atoms with Crippen molar-refractivity contribution in [3.05, 3.63) is 0 Å². The second-order valence-electron chi connectivity index (χ2n) is 26.3. The predicted molar refractivity (Wildman–Crippen MR) is 277 cm³/mol. The van der Waals surface area contributed by atoms with Crippen molar-refractivity contribution in [3.8, 4) is 0 Å². The largest absolute Gasteiger partial charge is 0.460 e. The first-order chi connectivity index (χ1) is 57.8. The van der Waals surface area contributed by atoms with Crippen LogP contribution in [0.3, 0.4) is 0 Å². The molecule has 0 aromatic carbocycles. The molecule has 0 saturated heterocycles. The van der Waals surface area contributed by atoms with Crippen molar-refractivity contribution >= 4 is 55.1 Å². The second-order valence-corrected chi connectivity index (χ2v) is 36.2. The van der Waals surface area contributed by atoms with Gasteiger partial charge in [0.05, 0.1) is 8.07 Å². The number of alkyl halides is 84. The molecule has 0 saturated carbocycles. The number of rotatable bonds is 48. The van der Waals surface area contributed by atoms with Crippen molar-refractivity contribution in [2.45, 2.75) is 259 Å². The van der Waals surface area contributed by atoms with E-state index in [4.69, 9.17) is 0 Å². The Hall–Kier alpha value is -4.26. The zero-order chi connectivity index (χ0) is 113. The third-order valence-electron chi connectivity index (χ3n) is 17.6. The minimum absolute atomic E-state index is 3.78. The highest BCUT2D eigenvalue weighted by Gasteiger charge is 3.04. The van der Waals surface area contributed by atoms with E-state index in [1.165, 1.54) is 0 Å². The summed E-state index contributed by atoms with van der Waals surface area (Å²) >= 11 is -15.1. The molecule has 0 unspecified atom stereocenters. The van der Waals surface area contributed by atoms with Gasteiger partial charge < -0.3 is 0 Å². The molecule has 0 nitrogen and oxygen atoms in total. The first kappa shape index (κ1) is 133. The SMILES string of the molecule is FC(F)(F)C(F)(F)C(F)(F)C(F)(F)C(F)(F)C(F)(F)C(F)(F)C(F)(F)C(F)(F)C(F)(F)SCC[Si](CCSC(F)(F)C(F)(F)C(F)(F)C(F)(F)C(F)(F)C(F)(F)C(F)(F)C(F)(F)C(F)(F)C(F)(F)F)(CCSC(F)(F)C(F)(F)C(F)(F)C(F)(F)C(F)(F)C(F)(F)C(F)(F)C(F)(F)C(F)(F)C(F)(F)F)CCSC(F)(F)C(F)(F)C(F)(F)C(F)(F)C(F)(F)C(F)(F)C(F)(F)C(F)(F)C(F)(F)C(F)(F)F. The van der Waals surface area contributed by atoms with Crippen molar-refractivity contribution in [3.63, 3.8) is 0 Å². The van der Waals surface area contributed by atoms with Crippen molar-refractivity contribution in [2.75, 3.05) is 23.0 Å². The molecule has 0 atom stereocenters. The second kappa shape index (κ2) is 35.0. The zero-order valence-electron chi connectivity index (χ0n) is 59.5. The minimum Gasteiger partial charge on any atom is -0.192 e. The van der Waals surface area contributed by atoms with Gasteiger partial charge in [0.15, 0.2) is 0 Å². The van der Waals surface area contributed by atoms with E-state index in [0.29, 0.717) is 0 Å². The molecule has 89 heteroatoms. The molecule has 0 aliphatic heterocycles. The molecule has 0 spiro atoms. The van der Waals surface area contributed by atoms with E-state index in [2.05, 4.69) is 0 Å². The van der Waals surface area contributed by atoms with Crippen LogP contribution < -0.4 is 0 Å². The van der Waals surface area contributed by atoms with Gasteiger partial charge in [0, 0.05) is 0 Å². The number of thioether (sulfide) groups is 4. The average molecular weight is 2340 g/mol. The van der Waals surface area contributed by atoms with Crippen LogP contribution in [0.2, 0.25) is 24.2 Å². The van der Waals surface area contributed by atoms with Crippen LogP contribution in [0.4, 0.5) is 369 Å². The smallest absolute Gasteiger partial charge is 0.192 e. The molecule has 0 bridgehead atoms. The Labute approximate surface area is 706 Å². The molecule has 0 aromatic rings. The molecule has 0 amide bonds. The maximum atomic E-state index is 15.3. The quantitative estimate of drug-likeness (QED) is 0.0440. The fourth-order valence-electron chi connectivity index (χ4n) is 8.87. The zero-order valence-corrected chi connectivity index (χ0v) is 63.8. The van der Waals surface area contributed by atoms with Crippen molar-refractivity contribution in [1.82, 2.24) is 0 Å². The molecule has 0 rings (SSSR count). The molecule has 0 aromatic heterocycles. The van der Waals surface area contributed by atoms with Crippen molar-refractivity contribution in [2.24, 2.45) is 0 Å². The van der Waals surface area contributed by atoms with E-state index in [0.717, 1.165) is 0 Å². The van der Waals surface area contributed by atoms with Gasteiger partial charge in [-0.05, 0) is 47.2 Å². The Morgan fingerprint density at radius 1 is 0.0949 bits per heavy atom. The Bertz CT molecular complexity index is 3590. The monoisotopic (exact) mass is 2340 g/mol. The van der Waals surface area contributed by atoms with Gasteiger partial charge in [-0.25, -0.2) is 0 Å². The van der Waals surface area contributed by atoms with Crippen LogP contribution in [-0.4, -0.2) is 266 Å². The number of hydrogen-bond acceptors (Lipinski definition) is 4. The number of hydrogen-bond donors (Lipinski definition) is 0. The van der Waals surface area contributed by atoms with Crippen LogP contribution in [0.15, 0.2) is 0 Å². The van der Waals surface area contributed by atoms with E-state index >= 15 is 70.2 Å². The van der Waals surface area contributed by atoms with E-state index in [9.17, 15) is 299 Å². The Morgan fingerprint density at radius 2 is 0.161 bits per heavy atom. The maximum absolute atomic E-state index is 15.3. The topological polar surface area (TPSA) is 0 Å². The highest BCUT2D eigenvalue weighted by Crippen LogP contribution is 2.75. The van der Waals surface area contributed by atoms with Gasteiger partial charge in [-0.2, -0.15) is 369 Å². The lowest BCUT2D eigenvalue weighted by Gasteiger charge is -2.44. The highest BCUT2D eigenvalue weighted by atomic mass is 32.2.